The number of hydrogen-bond acceptors (Lipinski definition) is 5. The smallest absolute Gasteiger partial charge is 0.341 e. The Balaban J connectivity index is 1.74. The lowest BCUT2D eigenvalue weighted by atomic mass is 9.98. The first-order valence-corrected chi connectivity index (χ1v) is 11.4. The SMILES string of the molecule is [C-]#[N+]c1ccc(-c2nc(N3CCC(N)CC3)nc3ncc(-c4c(F)cccc4C(F)(F)F)cc23)cc1F. The van der Waals surface area contributed by atoms with Gasteiger partial charge in [-0.3, -0.25) is 0 Å². The molecule has 0 radical (unpaired) electrons. The minimum Gasteiger partial charge on any atom is -0.341 e. The molecule has 6 nitrogen and oxygen atoms in total. The highest BCUT2D eigenvalue weighted by atomic mass is 19.4. The van der Waals surface area contributed by atoms with Crippen LogP contribution in [0.4, 0.5) is 33.6 Å². The van der Waals surface area contributed by atoms with Gasteiger partial charge in [0.1, 0.15) is 11.6 Å². The Kier molecular flexibility index (Phi) is 6.21. The maximum atomic E-state index is 14.7. The molecule has 1 aliphatic rings. The van der Waals surface area contributed by atoms with E-state index in [1.165, 1.54) is 18.2 Å². The van der Waals surface area contributed by atoms with E-state index in [0.29, 0.717) is 31.9 Å². The molecule has 0 bridgehead atoms. The van der Waals surface area contributed by atoms with Gasteiger partial charge in [0.2, 0.25) is 11.6 Å². The third-order valence-electron chi connectivity index (χ3n) is 6.31. The molecule has 37 heavy (non-hydrogen) atoms. The maximum Gasteiger partial charge on any atom is 0.417 e. The van der Waals surface area contributed by atoms with Crippen molar-refractivity contribution in [2.75, 3.05) is 18.0 Å². The molecule has 1 aliphatic heterocycles. The average Bonchev–Trinajstić information content (AvgIpc) is 2.87. The Morgan fingerprint density at radius 1 is 0.973 bits per heavy atom. The van der Waals surface area contributed by atoms with Gasteiger partial charge in [0.05, 0.1) is 17.8 Å². The second-order valence-corrected chi connectivity index (χ2v) is 8.73. The van der Waals surface area contributed by atoms with E-state index in [-0.39, 0.29) is 39.6 Å². The number of anilines is 1. The van der Waals surface area contributed by atoms with Crippen LogP contribution in [-0.4, -0.2) is 34.1 Å². The van der Waals surface area contributed by atoms with Crippen molar-refractivity contribution < 1.29 is 22.0 Å². The number of aromatic nitrogens is 3. The molecule has 1 fully saturated rings. The van der Waals surface area contributed by atoms with E-state index in [4.69, 9.17) is 12.3 Å². The Morgan fingerprint density at radius 3 is 2.41 bits per heavy atom. The van der Waals surface area contributed by atoms with Crippen LogP contribution >= 0.6 is 0 Å². The van der Waals surface area contributed by atoms with Crippen molar-refractivity contribution in [1.29, 1.82) is 0 Å². The third-order valence-corrected chi connectivity index (χ3v) is 6.31. The zero-order valence-electron chi connectivity index (χ0n) is 19.2. The molecular formula is C26H19F5N6. The molecule has 0 spiro atoms. The number of piperidine rings is 1. The number of rotatable bonds is 3. The molecule has 0 atom stereocenters. The molecule has 2 aromatic carbocycles. The van der Waals surface area contributed by atoms with Gasteiger partial charge in [-0.05, 0) is 37.1 Å². The highest BCUT2D eigenvalue weighted by molar-refractivity contribution is 5.94. The van der Waals surface area contributed by atoms with Gasteiger partial charge in [-0.25, -0.2) is 23.6 Å². The first kappa shape index (κ1) is 24.5. The Bertz CT molecular complexity index is 1540. The summed E-state index contributed by atoms with van der Waals surface area (Å²) in [7, 11) is 0. The van der Waals surface area contributed by atoms with Crippen molar-refractivity contribution in [3.63, 3.8) is 0 Å². The van der Waals surface area contributed by atoms with Crippen molar-refractivity contribution in [2.45, 2.75) is 25.1 Å². The number of alkyl halides is 3. The summed E-state index contributed by atoms with van der Waals surface area (Å²) in [6.45, 7) is 8.26. The van der Waals surface area contributed by atoms with Crippen molar-refractivity contribution in [3.05, 3.63) is 77.3 Å². The molecule has 2 aromatic heterocycles. The second kappa shape index (κ2) is 9.37. The number of nitrogens with zero attached hydrogens (tertiary/aromatic N) is 5. The fraction of sp³-hybridized carbons (Fsp3) is 0.231. The number of nitrogens with two attached hydrogens (primary N) is 1. The van der Waals surface area contributed by atoms with E-state index in [2.05, 4.69) is 19.8 Å². The molecule has 11 heteroatoms. The van der Waals surface area contributed by atoms with Crippen LogP contribution in [0.3, 0.4) is 0 Å². The topological polar surface area (TPSA) is 72.3 Å². The van der Waals surface area contributed by atoms with Gasteiger partial charge >= 0.3 is 6.18 Å². The molecule has 188 valence electrons. The Morgan fingerprint density at radius 2 is 1.73 bits per heavy atom. The van der Waals surface area contributed by atoms with Crippen LogP contribution in [0.15, 0.2) is 48.7 Å². The van der Waals surface area contributed by atoms with E-state index in [0.717, 1.165) is 30.5 Å². The summed E-state index contributed by atoms with van der Waals surface area (Å²) in [6.07, 6.45) is -2.25. The molecule has 2 N–H and O–H groups in total. The normalized spacial score (nSPS) is 14.7. The van der Waals surface area contributed by atoms with Gasteiger partial charge in [0.15, 0.2) is 5.65 Å². The minimum atomic E-state index is -4.80. The largest absolute Gasteiger partial charge is 0.417 e. The van der Waals surface area contributed by atoms with E-state index in [1.807, 2.05) is 4.90 Å². The summed E-state index contributed by atoms with van der Waals surface area (Å²) in [5.74, 6) is -1.53. The van der Waals surface area contributed by atoms with Crippen LogP contribution in [-0.2, 0) is 6.18 Å². The summed E-state index contributed by atoms with van der Waals surface area (Å²) in [4.78, 5) is 18.4. The standard InChI is InChI=1S/C26H19F5N6/c1-33-21-6-5-14(12-20(21)28)23-17-11-15(22-18(26(29,30)31)3-2-4-19(22)27)13-34-24(17)36-25(35-23)37-9-7-16(32)8-10-37/h2-6,11-13,16H,7-10,32H2. The van der Waals surface area contributed by atoms with Gasteiger partial charge in [0, 0.05) is 47.4 Å². The summed E-state index contributed by atoms with van der Waals surface area (Å²) in [6, 6.07) is 8.01. The molecule has 5 rings (SSSR count). The van der Waals surface area contributed by atoms with Gasteiger partial charge in [-0.15, -0.1) is 0 Å². The number of hydrogen-bond donors (Lipinski definition) is 1. The molecule has 1 saturated heterocycles. The predicted octanol–water partition coefficient (Wildman–Crippen LogP) is 6.13. The zero-order chi connectivity index (χ0) is 26.3. The number of fused-ring (bicyclic) bond motifs is 1. The van der Waals surface area contributed by atoms with Crippen LogP contribution in [0.1, 0.15) is 18.4 Å². The van der Waals surface area contributed by atoms with Crippen molar-refractivity contribution in [3.8, 4) is 22.4 Å². The number of halogens is 5. The van der Waals surface area contributed by atoms with E-state index >= 15 is 0 Å². The molecule has 0 aliphatic carbocycles. The van der Waals surface area contributed by atoms with Crippen molar-refractivity contribution >= 4 is 22.7 Å². The second-order valence-electron chi connectivity index (χ2n) is 8.73. The lowest BCUT2D eigenvalue weighted by Crippen LogP contribution is -2.40. The van der Waals surface area contributed by atoms with Crippen LogP contribution in [0, 0.1) is 18.2 Å². The number of pyridine rings is 1. The first-order valence-electron chi connectivity index (χ1n) is 11.4. The van der Waals surface area contributed by atoms with Gasteiger partial charge in [0.25, 0.3) is 0 Å². The third kappa shape index (κ3) is 4.68. The summed E-state index contributed by atoms with van der Waals surface area (Å²) in [5, 5.41) is 0.210. The minimum absolute atomic E-state index is 0.0516. The summed E-state index contributed by atoms with van der Waals surface area (Å²) in [5.41, 5.74) is 4.51. The van der Waals surface area contributed by atoms with Crippen molar-refractivity contribution in [2.24, 2.45) is 5.73 Å². The molecule has 0 saturated carbocycles. The van der Waals surface area contributed by atoms with Gasteiger partial charge < -0.3 is 10.6 Å². The first-order chi connectivity index (χ1) is 17.7. The van der Waals surface area contributed by atoms with E-state index in [9.17, 15) is 22.0 Å². The van der Waals surface area contributed by atoms with Crippen LogP contribution in [0.2, 0.25) is 0 Å². The lowest BCUT2D eigenvalue weighted by Gasteiger charge is -2.30. The monoisotopic (exact) mass is 510 g/mol. The van der Waals surface area contributed by atoms with Crippen LogP contribution in [0.25, 0.3) is 38.3 Å². The fourth-order valence-electron chi connectivity index (χ4n) is 4.40. The highest BCUT2D eigenvalue weighted by Gasteiger charge is 2.35. The summed E-state index contributed by atoms with van der Waals surface area (Å²) < 4.78 is 70.3. The van der Waals surface area contributed by atoms with Crippen LogP contribution in [0.5, 0.6) is 0 Å². The average molecular weight is 510 g/mol. The maximum absolute atomic E-state index is 14.7. The van der Waals surface area contributed by atoms with E-state index < -0.39 is 28.9 Å². The molecule has 0 unspecified atom stereocenters. The summed E-state index contributed by atoms with van der Waals surface area (Å²) >= 11 is 0. The molecular weight excluding hydrogens is 491 g/mol. The molecule has 3 heterocycles. The number of benzene rings is 2. The Labute approximate surface area is 208 Å². The van der Waals surface area contributed by atoms with Crippen molar-refractivity contribution in [1.82, 2.24) is 15.0 Å². The van der Waals surface area contributed by atoms with E-state index in [1.54, 1.807) is 0 Å². The lowest BCUT2D eigenvalue weighted by molar-refractivity contribution is -0.137. The predicted molar refractivity (Wildman–Crippen MR) is 129 cm³/mol. The molecule has 4 aromatic rings. The zero-order valence-corrected chi connectivity index (χ0v) is 19.2. The Hall–Kier alpha value is -4.17. The fourth-order valence-corrected chi connectivity index (χ4v) is 4.40. The van der Waals surface area contributed by atoms with Crippen LogP contribution < -0.4 is 10.6 Å². The molecule has 0 amide bonds. The quantitative estimate of drug-likeness (QED) is 0.265. The van der Waals surface area contributed by atoms with Gasteiger partial charge in [-0.2, -0.15) is 18.2 Å². The van der Waals surface area contributed by atoms with Gasteiger partial charge in [-0.1, -0.05) is 18.2 Å². The highest BCUT2D eigenvalue weighted by Crippen LogP contribution is 2.40.